The van der Waals surface area contributed by atoms with Crippen LogP contribution in [0.25, 0.3) is 0 Å². The molecule has 0 amide bonds. The Kier molecular flexibility index (Phi) is 6.62. The number of halogens is 1. The lowest BCUT2D eigenvalue weighted by Gasteiger charge is -2.12. The number of sulfone groups is 1. The fraction of sp³-hybridized carbons (Fsp3) is 0.538. The highest BCUT2D eigenvalue weighted by Gasteiger charge is 2.11. The summed E-state index contributed by atoms with van der Waals surface area (Å²) >= 11 is 6.09. The standard InChI is InChI=1S/C13H20ClNO3S/c1-3-8-19(16,17)9-7-18-13-6-4-5-12(14)11(13)10-15-2/h4-6,15H,3,7-10H2,1-2H3. The molecule has 0 radical (unpaired) electrons. The Bertz CT molecular complexity index is 503. The highest BCUT2D eigenvalue weighted by atomic mass is 35.5. The number of ether oxygens (including phenoxy) is 1. The van der Waals surface area contributed by atoms with Gasteiger partial charge in [0.15, 0.2) is 9.84 Å². The van der Waals surface area contributed by atoms with E-state index >= 15 is 0 Å². The normalized spacial score (nSPS) is 11.5. The van der Waals surface area contributed by atoms with Crippen LogP contribution in [0.1, 0.15) is 18.9 Å². The Balaban J connectivity index is 2.65. The molecule has 0 heterocycles. The zero-order valence-corrected chi connectivity index (χ0v) is 12.9. The van der Waals surface area contributed by atoms with Gasteiger partial charge in [0.2, 0.25) is 0 Å². The summed E-state index contributed by atoms with van der Waals surface area (Å²) in [7, 11) is -1.19. The molecule has 0 aliphatic heterocycles. The zero-order valence-electron chi connectivity index (χ0n) is 11.3. The molecule has 4 nitrogen and oxygen atoms in total. The lowest BCUT2D eigenvalue weighted by Crippen LogP contribution is -2.17. The van der Waals surface area contributed by atoms with Crippen molar-refractivity contribution in [3.8, 4) is 5.75 Å². The molecule has 0 aliphatic rings. The molecule has 1 aromatic carbocycles. The van der Waals surface area contributed by atoms with E-state index < -0.39 is 9.84 Å². The van der Waals surface area contributed by atoms with Crippen LogP contribution in [0, 0.1) is 0 Å². The molecule has 1 rings (SSSR count). The van der Waals surface area contributed by atoms with E-state index in [4.69, 9.17) is 16.3 Å². The van der Waals surface area contributed by atoms with E-state index in [2.05, 4.69) is 5.32 Å². The Morgan fingerprint density at radius 1 is 1.32 bits per heavy atom. The molecule has 6 heteroatoms. The Morgan fingerprint density at radius 3 is 2.68 bits per heavy atom. The molecule has 0 saturated carbocycles. The first-order valence-electron chi connectivity index (χ1n) is 6.25. The van der Waals surface area contributed by atoms with Crippen molar-refractivity contribution < 1.29 is 13.2 Å². The van der Waals surface area contributed by atoms with E-state index in [0.717, 1.165) is 5.56 Å². The van der Waals surface area contributed by atoms with Crippen LogP contribution >= 0.6 is 11.6 Å². The van der Waals surface area contributed by atoms with Crippen molar-refractivity contribution in [3.63, 3.8) is 0 Å². The molecule has 0 aliphatic carbocycles. The Hall–Kier alpha value is -0.780. The fourth-order valence-electron chi connectivity index (χ4n) is 1.71. The second-order valence-corrected chi connectivity index (χ2v) is 6.96. The van der Waals surface area contributed by atoms with E-state index in [-0.39, 0.29) is 18.1 Å². The monoisotopic (exact) mass is 305 g/mol. The maximum atomic E-state index is 11.6. The topological polar surface area (TPSA) is 55.4 Å². The molecular formula is C13H20ClNO3S. The minimum atomic E-state index is -3.01. The van der Waals surface area contributed by atoms with Gasteiger partial charge < -0.3 is 10.1 Å². The number of benzene rings is 1. The van der Waals surface area contributed by atoms with Gasteiger partial charge in [-0.2, -0.15) is 0 Å². The summed E-state index contributed by atoms with van der Waals surface area (Å²) < 4.78 is 28.7. The number of hydrogen-bond acceptors (Lipinski definition) is 4. The summed E-state index contributed by atoms with van der Waals surface area (Å²) in [6, 6.07) is 5.37. The maximum Gasteiger partial charge on any atom is 0.153 e. The highest BCUT2D eigenvalue weighted by molar-refractivity contribution is 7.91. The largest absolute Gasteiger partial charge is 0.492 e. The van der Waals surface area contributed by atoms with Crippen molar-refractivity contribution in [2.24, 2.45) is 0 Å². The average molecular weight is 306 g/mol. The van der Waals surface area contributed by atoms with Gasteiger partial charge in [-0.1, -0.05) is 24.6 Å². The average Bonchev–Trinajstić information content (AvgIpc) is 2.33. The van der Waals surface area contributed by atoms with Crippen molar-refractivity contribution in [2.75, 3.05) is 25.2 Å². The lowest BCUT2D eigenvalue weighted by atomic mass is 10.2. The van der Waals surface area contributed by atoms with Gasteiger partial charge in [-0.3, -0.25) is 0 Å². The van der Waals surface area contributed by atoms with Crippen LogP contribution in [0.2, 0.25) is 5.02 Å². The maximum absolute atomic E-state index is 11.6. The van der Waals surface area contributed by atoms with Gasteiger partial charge in [0.25, 0.3) is 0 Å². The predicted molar refractivity (Wildman–Crippen MR) is 78.7 cm³/mol. The van der Waals surface area contributed by atoms with E-state index in [1.165, 1.54) is 0 Å². The SMILES string of the molecule is CCCS(=O)(=O)CCOc1cccc(Cl)c1CNC. The van der Waals surface area contributed by atoms with Gasteiger partial charge in [-0.05, 0) is 25.6 Å². The summed E-state index contributed by atoms with van der Waals surface area (Å²) in [6.45, 7) is 2.58. The Morgan fingerprint density at radius 2 is 2.05 bits per heavy atom. The van der Waals surface area contributed by atoms with Crippen molar-refractivity contribution >= 4 is 21.4 Å². The minimum absolute atomic E-state index is 0.0341. The third-order valence-corrected chi connectivity index (χ3v) is 4.77. The van der Waals surface area contributed by atoms with E-state index in [1.807, 2.05) is 14.0 Å². The third-order valence-electron chi connectivity index (χ3n) is 2.60. The lowest BCUT2D eigenvalue weighted by molar-refractivity contribution is 0.336. The van der Waals surface area contributed by atoms with Crippen molar-refractivity contribution in [1.82, 2.24) is 5.32 Å². The molecule has 0 bridgehead atoms. The summed E-state index contributed by atoms with van der Waals surface area (Å²) in [5.74, 6) is 0.871. The fourth-order valence-corrected chi connectivity index (χ4v) is 3.11. The van der Waals surface area contributed by atoms with Gasteiger partial charge >= 0.3 is 0 Å². The molecule has 0 aromatic heterocycles. The Labute approximate surface area is 120 Å². The molecule has 19 heavy (non-hydrogen) atoms. The van der Waals surface area contributed by atoms with Gasteiger partial charge in [-0.25, -0.2) is 8.42 Å². The van der Waals surface area contributed by atoms with Crippen LogP contribution in [0.4, 0.5) is 0 Å². The minimum Gasteiger partial charge on any atom is -0.492 e. The molecular weight excluding hydrogens is 286 g/mol. The van der Waals surface area contributed by atoms with Crippen molar-refractivity contribution in [3.05, 3.63) is 28.8 Å². The van der Waals surface area contributed by atoms with Crippen LogP contribution < -0.4 is 10.1 Å². The van der Waals surface area contributed by atoms with Crippen molar-refractivity contribution in [2.45, 2.75) is 19.9 Å². The molecule has 1 aromatic rings. The molecule has 0 saturated heterocycles. The van der Waals surface area contributed by atoms with Crippen LogP contribution in [-0.2, 0) is 16.4 Å². The van der Waals surface area contributed by atoms with Gasteiger partial charge in [0.05, 0.1) is 11.5 Å². The van der Waals surface area contributed by atoms with E-state index in [0.29, 0.717) is 23.7 Å². The van der Waals surface area contributed by atoms with Gasteiger partial charge in [-0.15, -0.1) is 0 Å². The first-order chi connectivity index (χ1) is 9.00. The first-order valence-corrected chi connectivity index (χ1v) is 8.45. The smallest absolute Gasteiger partial charge is 0.153 e. The second kappa shape index (κ2) is 7.72. The molecule has 0 atom stereocenters. The van der Waals surface area contributed by atoms with E-state index in [1.54, 1.807) is 18.2 Å². The van der Waals surface area contributed by atoms with Crippen LogP contribution in [0.3, 0.4) is 0 Å². The molecule has 1 N–H and O–H groups in total. The summed E-state index contributed by atoms with van der Waals surface area (Å²) in [5, 5.41) is 3.62. The zero-order chi connectivity index (χ0) is 14.3. The predicted octanol–water partition coefficient (Wildman–Crippen LogP) is 2.26. The van der Waals surface area contributed by atoms with Gasteiger partial charge in [0.1, 0.15) is 12.4 Å². The van der Waals surface area contributed by atoms with Crippen molar-refractivity contribution in [1.29, 1.82) is 0 Å². The summed E-state index contributed by atoms with van der Waals surface area (Å²) in [4.78, 5) is 0. The number of rotatable bonds is 8. The van der Waals surface area contributed by atoms with E-state index in [9.17, 15) is 8.42 Å². The second-order valence-electron chi connectivity index (χ2n) is 4.25. The summed E-state index contributed by atoms with van der Waals surface area (Å²) in [6.07, 6.45) is 0.629. The quantitative estimate of drug-likeness (QED) is 0.800. The summed E-state index contributed by atoms with van der Waals surface area (Å²) in [5.41, 5.74) is 0.847. The van der Waals surface area contributed by atoms with Crippen LogP contribution in [0.15, 0.2) is 18.2 Å². The molecule has 0 unspecified atom stereocenters. The molecule has 0 fully saturated rings. The third kappa shape index (κ3) is 5.38. The molecule has 0 spiro atoms. The number of nitrogens with one attached hydrogen (secondary N) is 1. The first kappa shape index (κ1) is 16.3. The van der Waals surface area contributed by atoms with Crippen LogP contribution in [0.5, 0.6) is 5.75 Å². The van der Waals surface area contributed by atoms with Crippen LogP contribution in [-0.4, -0.2) is 33.6 Å². The highest BCUT2D eigenvalue weighted by Crippen LogP contribution is 2.26. The van der Waals surface area contributed by atoms with Gasteiger partial charge in [0, 0.05) is 17.1 Å². The molecule has 108 valence electrons. The number of hydrogen-bond donors (Lipinski definition) is 1.